The zero-order valence-electron chi connectivity index (χ0n) is 11.1. The first kappa shape index (κ1) is 13.7. The number of hydrogen-bond acceptors (Lipinski definition) is 4. The average molecular weight is 263 g/mol. The summed E-state index contributed by atoms with van der Waals surface area (Å²) in [7, 11) is 0. The smallest absolute Gasteiger partial charge is 0.170 e. The van der Waals surface area contributed by atoms with E-state index in [-0.39, 0.29) is 5.84 Å². The highest BCUT2D eigenvalue weighted by Gasteiger charge is 2.10. The molecule has 1 fully saturated rings. The van der Waals surface area contributed by atoms with Crippen molar-refractivity contribution in [3.05, 3.63) is 29.8 Å². The van der Waals surface area contributed by atoms with Gasteiger partial charge < -0.3 is 20.6 Å². The lowest BCUT2D eigenvalue weighted by Crippen LogP contribution is -2.22. The van der Waals surface area contributed by atoms with E-state index >= 15 is 0 Å². The molecule has 104 valence electrons. The monoisotopic (exact) mass is 263 g/mol. The van der Waals surface area contributed by atoms with Gasteiger partial charge in [0.25, 0.3) is 0 Å². The van der Waals surface area contributed by atoms with E-state index in [4.69, 9.17) is 15.7 Å². The summed E-state index contributed by atoms with van der Waals surface area (Å²) in [4.78, 5) is 2.47. The number of hydrogen-bond donors (Lipinski definition) is 2. The van der Waals surface area contributed by atoms with Crippen LogP contribution in [0.2, 0.25) is 0 Å². The molecule has 0 radical (unpaired) electrons. The second-order valence-electron chi connectivity index (χ2n) is 4.76. The van der Waals surface area contributed by atoms with Crippen molar-refractivity contribution < 1.29 is 9.94 Å². The molecule has 1 aromatic carbocycles. The normalized spacial score (nSPS) is 16.7. The van der Waals surface area contributed by atoms with E-state index < -0.39 is 0 Å². The molecular weight excluding hydrogens is 242 g/mol. The highest BCUT2D eigenvalue weighted by atomic mass is 16.5. The van der Waals surface area contributed by atoms with Gasteiger partial charge in [-0.3, -0.25) is 0 Å². The number of rotatable bonds is 6. The van der Waals surface area contributed by atoms with Crippen LogP contribution in [0.25, 0.3) is 0 Å². The largest absolute Gasteiger partial charge is 0.494 e. The Morgan fingerprint density at radius 2 is 2.16 bits per heavy atom. The summed E-state index contributed by atoms with van der Waals surface area (Å²) in [6.07, 6.45) is 3.67. The van der Waals surface area contributed by atoms with E-state index in [9.17, 15) is 0 Å². The van der Waals surface area contributed by atoms with Gasteiger partial charge in [-0.1, -0.05) is 17.3 Å². The molecule has 1 aliphatic heterocycles. The summed E-state index contributed by atoms with van der Waals surface area (Å²) >= 11 is 0. The van der Waals surface area contributed by atoms with Crippen molar-refractivity contribution in [2.75, 3.05) is 26.2 Å². The number of nitrogens with zero attached hydrogens (tertiary/aromatic N) is 2. The van der Waals surface area contributed by atoms with Crippen LogP contribution in [0.1, 0.15) is 24.8 Å². The standard InChI is InChI=1S/C14H21N3O2/c15-14(16-18)12-5-3-6-13(11-12)19-10-4-9-17-7-1-2-8-17/h3,5-6,11,18H,1-2,4,7-10H2,(H2,15,16). The van der Waals surface area contributed by atoms with Crippen LogP contribution in [0, 0.1) is 0 Å². The van der Waals surface area contributed by atoms with Crippen LogP contribution in [0.3, 0.4) is 0 Å². The molecule has 0 aromatic heterocycles. The van der Waals surface area contributed by atoms with E-state index in [1.807, 2.05) is 12.1 Å². The Labute approximate surface area is 113 Å². The van der Waals surface area contributed by atoms with E-state index in [1.165, 1.54) is 25.9 Å². The molecule has 0 aliphatic carbocycles. The van der Waals surface area contributed by atoms with Gasteiger partial charge in [-0.2, -0.15) is 0 Å². The summed E-state index contributed by atoms with van der Waals surface area (Å²) in [5.74, 6) is 0.855. The Balaban J connectivity index is 1.76. The van der Waals surface area contributed by atoms with Crippen molar-refractivity contribution in [3.63, 3.8) is 0 Å². The molecule has 1 heterocycles. The molecule has 0 atom stereocenters. The Bertz CT molecular complexity index is 428. The minimum Gasteiger partial charge on any atom is -0.494 e. The van der Waals surface area contributed by atoms with Crippen LogP contribution in [0.5, 0.6) is 5.75 Å². The van der Waals surface area contributed by atoms with Gasteiger partial charge in [-0.15, -0.1) is 0 Å². The molecule has 2 rings (SSSR count). The third-order valence-electron chi connectivity index (χ3n) is 3.32. The lowest BCUT2D eigenvalue weighted by atomic mass is 10.2. The topological polar surface area (TPSA) is 71.1 Å². The van der Waals surface area contributed by atoms with Gasteiger partial charge >= 0.3 is 0 Å². The summed E-state index contributed by atoms with van der Waals surface area (Å²) in [5.41, 5.74) is 6.20. The highest BCUT2D eigenvalue weighted by molar-refractivity contribution is 5.97. The molecule has 1 saturated heterocycles. The molecule has 0 spiro atoms. The number of nitrogens with two attached hydrogens (primary N) is 1. The van der Waals surface area contributed by atoms with Crippen LogP contribution < -0.4 is 10.5 Å². The molecule has 0 amide bonds. The predicted octanol–water partition coefficient (Wildman–Crippen LogP) is 1.65. The molecule has 5 nitrogen and oxygen atoms in total. The number of oxime groups is 1. The fourth-order valence-electron chi connectivity index (χ4n) is 2.29. The van der Waals surface area contributed by atoms with Crippen LogP contribution in [-0.2, 0) is 0 Å². The van der Waals surface area contributed by atoms with Crippen molar-refractivity contribution in [1.82, 2.24) is 4.90 Å². The quantitative estimate of drug-likeness (QED) is 0.269. The maximum absolute atomic E-state index is 8.63. The predicted molar refractivity (Wildman–Crippen MR) is 74.7 cm³/mol. The van der Waals surface area contributed by atoms with Crippen LogP contribution in [-0.4, -0.2) is 42.2 Å². The number of benzene rings is 1. The third-order valence-corrected chi connectivity index (χ3v) is 3.32. The number of ether oxygens (including phenoxy) is 1. The Kier molecular flexibility index (Phi) is 5.03. The van der Waals surface area contributed by atoms with Crippen molar-refractivity contribution in [2.45, 2.75) is 19.3 Å². The lowest BCUT2D eigenvalue weighted by molar-refractivity contribution is 0.263. The molecule has 0 bridgehead atoms. The van der Waals surface area contributed by atoms with Gasteiger partial charge in [0.2, 0.25) is 0 Å². The summed E-state index contributed by atoms with van der Waals surface area (Å²) in [6.45, 7) is 4.23. The van der Waals surface area contributed by atoms with Gasteiger partial charge in [0, 0.05) is 12.1 Å². The van der Waals surface area contributed by atoms with Crippen LogP contribution in [0.15, 0.2) is 29.4 Å². The van der Waals surface area contributed by atoms with E-state index in [0.717, 1.165) is 18.7 Å². The Morgan fingerprint density at radius 1 is 1.37 bits per heavy atom. The molecule has 1 aromatic rings. The highest BCUT2D eigenvalue weighted by Crippen LogP contribution is 2.14. The first-order valence-corrected chi connectivity index (χ1v) is 6.73. The van der Waals surface area contributed by atoms with E-state index in [1.54, 1.807) is 12.1 Å². The van der Waals surface area contributed by atoms with Crippen LogP contribution in [0.4, 0.5) is 0 Å². The minimum absolute atomic E-state index is 0.0996. The first-order valence-electron chi connectivity index (χ1n) is 6.73. The number of amidine groups is 1. The molecular formula is C14H21N3O2. The van der Waals surface area contributed by atoms with Crippen molar-refractivity contribution in [3.8, 4) is 5.75 Å². The second-order valence-corrected chi connectivity index (χ2v) is 4.76. The summed E-state index contributed by atoms with van der Waals surface area (Å²) < 4.78 is 5.68. The molecule has 19 heavy (non-hydrogen) atoms. The summed E-state index contributed by atoms with van der Waals surface area (Å²) in [5, 5.41) is 11.6. The fraction of sp³-hybridized carbons (Fsp3) is 0.500. The zero-order chi connectivity index (χ0) is 13.5. The van der Waals surface area contributed by atoms with E-state index in [0.29, 0.717) is 12.2 Å². The molecule has 0 unspecified atom stereocenters. The zero-order valence-corrected chi connectivity index (χ0v) is 11.1. The van der Waals surface area contributed by atoms with Crippen molar-refractivity contribution >= 4 is 5.84 Å². The Hall–Kier alpha value is -1.75. The van der Waals surface area contributed by atoms with Crippen molar-refractivity contribution in [1.29, 1.82) is 0 Å². The Morgan fingerprint density at radius 3 is 2.89 bits per heavy atom. The second kappa shape index (κ2) is 6.99. The van der Waals surface area contributed by atoms with Gasteiger partial charge in [0.05, 0.1) is 6.61 Å². The maximum atomic E-state index is 8.63. The van der Waals surface area contributed by atoms with Crippen LogP contribution >= 0.6 is 0 Å². The molecule has 5 heteroatoms. The lowest BCUT2D eigenvalue weighted by Gasteiger charge is -2.14. The van der Waals surface area contributed by atoms with E-state index in [2.05, 4.69) is 10.1 Å². The number of likely N-dealkylation sites (tertiary alicyclic amines) is 1. The average Bonchev–Trinajstić information content (AvgIpc) is 2.96. The molecule has 1 aliphatic rings. The third kappa shape index (κ3) is 4.13. The molecule has 0 saturated carbocycles. The summed E-state index contributed by atoms with van der Waals surface area (Å²) in [6, 6.07) is 7.28. The van der Waals surface area contributed by atoms with Gasteiger partial charge in [-0.25, -0.2) is 0 Å². The maximum Gasteiger partial charge on any atom is 0.170 e. The fourth-order valence-corrected chi connectivity index (χ4v) is 2.29. The first-order chi connectivity index (χ1) is 9.29. The van der Waals surface area contributed by atoms with Gasteiger partial charge in [0.15, 0.2) is 5.84 Å². The van der Waals surface area contributed by atoms with Gasteiger partial charge in [0.1, 0.15) is 5.75 Å². The van der Waals surface area contributed by atoms with Gasteiger partial charge in [-0.05, 0) is 44.5 Å². The molecule has 3 N–H and O–H groups in total. The SMILES string of the molecule is N/C(=N/O)c1cccc(OCCCN2CCCC2)c1. The minimum atomic E-state index is 0.0996. The van der Waals surface area contributed by atoms with Crippen molar-refractivity contribution in [2.24, 2.45) is 10.9 Å².